The van der Waals surface area contributed by atoms with Gasteiger partial charge in [-0.25, -0.2) is 0 Å². The van der Waals surface area contributed by atoms with Crippen LogP contribution in [0.4, 0.5) is 0 Å². The number of nitrogens with two attached hydrogens (primary N) is 1. The normalized spacial score (nSPS) is 20.0. The van der Waals surface area contributed by atoms with Crippen molar-refractivity contribution in [1.29, 1.82) is 0 Å². The van der Waals surface area contributed by atoms with Gasteiger partial charge in [-0.3, -0.25) is 0 Å². The summed E-state index contributed by atoms with van der Waals surface area (Å²) in [5.74, 6) is 0. The molecular formula is C7H10ClN. The van der Waals surface area contributed by atoms with Crippen LogP contribution in [0.2, 0.25) is 0 Å². The lowest BCUT2D eigenvalue weighted by Crippen LogP contribution is -2.02. The summed E-state index contributed by atoms with van der Waals surface area (Å²) in [5.41, 5.74) is 7.68. The van der Waals surface area contributed by atoms with E-state index in [2.05, 4.69) is 6.92 Å². The maximum absolute atomic E-state index is 5.74. The van der Waals surface area contributed by atoms with Gasteiger partial charge in [-0.1, -0.05) is 17.2 Å². The molecule has 0 saturated heterocycles. The van der Waals surface area contributed by atoms with E-state index in [-0.39, 0.29) is 0 Å². The third-order valence-corrected chi connectivity index (χ3v) is 1.82. The number of allylic oxidation sites excluding steroid dienone is 4. The minimum Gasteiger partial charge on any atom is -0.401 e. The molecule has 1 aliphatic rings. The molecule has 1 rings (SSSR count). The van der Waals surface area contributed by atoms with Crippen LogP contribution in [0.25, 0.3) is 0 Å². The molecule has 0 aliphatic heterocycles. The van der Waals surface area contributed by atoms with Crippen molar-refractivity contribution < 1.29 is 0 Å². The van der Waals surface area contributed by atoms with E-state index < -0.39 is 0 Å². The van der Waals surface area contributed by atoms with Crippen molar-refractivity contribution in [2.45, 2.75) is 19.8 Å². The van der Waals surface area contributed by atoms with E-state index in [1.807, 2.05) is 6.08 Å². The summed E-state index contributed by atoms with van der Waals surface area (Å²) in [7, 11) is 0. The van der Waals surface area contributed by atoms with Crippen LogP contribution >= 0.6 is 11.6 Å². The lowest BCUT2D eigenvalue weighted by molar-refractivity contribution is 0.888. The zero-order valence-electron chi connectivity index (χ0n) is 5.45. The molecule has 2 N–H and O–H groups in total. The Hall–Kier alpha value is -0.430. The molecule has 0 saturated carbocycles. The second kappa shape index (κ2) is 2.44. The van der Waals surface area contributed by atoms with Crippen LogP contribution in [0.15, 0.2) is 22.4 Å². The van der Waals surface area contributed by atoms with Crippen LogP contribution in [0, 0.1) is 0 Å². The second-order valence-electron chi connectivity index (χ2n) is 2.36. The molecular weight excluding hydrogens is 134 g/mol. The predicted molar refractivity (Wildman–Crippen MR) is 40.1 cm³/mol. The van der Waals surface area contributed by atoms with Crippen molar-refractivity contribution in [3.63, 3.8) is 0 Å². The van der Waals surface area contributed by atoms with Crippen LogP contribution in [0.5, 0.6) is 0 Å². The lowest BCUT2D eigenvalue weighted by atomic mass is 10.0. The smallest absolute Gasteiger partial charge is 0.0592 e. The Kier molecular flexibility index (Phi) is 1.81. The van der Waals surface area contributed by atoms with E-state index in [1.165, 1.54) is 5.57 Å². The third-order valence-electron chi connectivity index (χ3n) is 1.47. The summed E-state index contributed by atoms with van der Waals surface area (Å²) >= 11 is 5.74. The number of hydrogen-bond donors (Lipinski definition) is 1. The molecule has 0 unspecified atom stereocenters. The molecule has 0 aromatic carbocycles. The van der Waals surface area contributed by atoms with Gasteiger partial charge in [0, 0.05) is 5.70 Å². The van der Waals surface area contributed by atoms with Gasteiger partial charge in [-0.05, 0) is 25.8 Å². The van der Waals surface area contributed by atoms with Crippen molar-refractivity contribution in [2.24, 2.45) is 5.73 Å². The molecule has 9 heavy (non-hydrogen) atoms. The zero-order valence-corrected chi connectivity index (χ0v) is 6.20. The Morgan fingerprint density at radius 3 is 2.67 bits per heavy atom. The highest BCUT2D eigenvalue weighted by atomic mass is 35.5. The fraction of sp³-hybridized carbons (Fsp3) is 0.429. The SMILES string of the molecule is CC1=CC(Cl)=C(N)CC1. The van der Waals surface area contributed by atoms with E-state index >= 15 is 0 Å². The van der Waals surface area contributed by atoms with E-state index in [0.29, 0.717) is 0 Å². The number of hydrogen-bond acceptors (Lipinski definition) is 1. The Bertz CT molecular complexity index is 179. The van der Waals surface area contributed by atoms with Crippen molar-refractivity contribution in [3.8, 4) is 0 Å². The molecule has 50 valence electrons. The first-order valence-corrected chi connectivity index (χ1v) is 3.39. The maximum atomic E-state index is 5.74. The van der Waals surface area contributed by atoms with Crippen molar-refractivity contribution >= 4 is 11.6 Å². The van der Waals surface area contributed by atoms with Crippen LogP contribution in [-0.2, 0) is 0 Å². The molecule has 0 amide bonds. The molecule has 0 radical (unpaired) electrons. The van der Waals surface area contributed by atoms with Crippen LogP contribution < -0.4 is 5.73 Å². The van der Waals surface area contributed by atoms with Gasteiger partial charge in [0.15, 0.2) is 0 Å². The highest BCUT2D eigenvalue weighted by Gasteiger charge is 2.04. The molecule has 0 fully saturated rings. The molecule has 0 atom stereocenters. The molecule has 1 nitrogen and oxygen atoms in total. The quantitative estimate of drug-likeness (QED) is 0.553. The summed E-state index contributed by atoms with van der Waals surface area (Å²) in [6.45, 7) is 2.06. The summed E-state index contributed by atoms with van der Waals surface area (Å²) in [4.78, 5) is 0. The number of rotatable bonds is 0. The third kappa shape index (κ3) is 1.49. The fourth-order valence-electron chi connectivity index (χ4n) is 0.832. The first-order chi connectivity index (χ1) is 4.20. The van der Waals surface area contributed by atoms with Crippen molar-refractivity contribution in [3.05, 3.63) is 22.4 Å². The Labute approximate surface area is 60.2 Å². The predicted octanol–water partition coefficient (Wildman–Crippen LogP) is 2.14. The first-order valence-electron chi connectivity index (χ1n) is 3.01. The van der Waals surface area contributed by atoms with Gasteiger partial charge < -0.3 is 5.73 Å². The van der Waals surface area contributed by atoms with Gasteiger partial charge in [0.05, 0.1) is 5.03 Å². The average Bonchev–Trinajstić information content (AvgIpc) is 1.80. The largest absolute Gasteiger partial charge is 0.401 e. The second-order valence-corrected chi connectivity index (χ2v) is 2.77. The minimum absolute atomic E-state index is 0.721. The van der Waals surface area contributed by atoms with E-state index in [4.69, 9.17) is 17.3 Å². The van der Waals surface area contributed by atoms with E-state index in [1.54, 1.807) is 0 Å². The molecule has 2 heteroatoms. The molecule has 0 bridgehead atoms. The number of halogens is 1. The summed E-state index contributed by atoms with van der Waals surface area (Å²) in [6, 6.07) is 0. The fourth-order valence-corrected chi connectivity index (χ4v) is 1.11. The minimum atomic E-state index is 0.721. The maximum Gasteiger partial charge on any atom is 0.0592 e. The molecule has 0 aromatic heterocycles. The zero-order chi connectivity index (χ0) is 6.85. The Morgan fingerprint density at radius 2 is 2.22 bits per heavy atom. The molecule has 0 spiro atoms. The van der Waals surface area contributed by atoms with E-state index in [9.17, 15) is 0 Å². The van der Waals surface area contributed by atoms with E-state index in [0.717, 1.165) is 23.6 Å². The molecule has 0 heterocycles. The average molecular weight is 144 g/mol. The molecule has 1 aliphatic carbocycles. The van der Waals surface area contributed by atoms with Crippen molar-refractivity contribution in [1.82, 2.24) is 0 Å². The van der Waals surface area contributed by atoms with Crippen LogP contribution in [-0.4, -0.2) is 0 Å². The summed E-state index contributed by atoms with van der Waals surface area (Å²) in [6.07, 6.45) is 3.91. The molecule has 0 aromatic rings. The summed E-state index contributed by atoms with van der Waals surface area (Å²) in [5, 5.41) is 0.721. The van der Waals surface area contributed by atoms with Gasteiger partial charge in [0.25, 0.3) is 0 Å². The topological polar surface area (TPSA) is 26.0 Å². The standard InChI is InChI=1S/C7H10ClN/c1-5-2-3-7(9)6(8)4-5/h4H,2-3,9H2,1H3. The lowest BCUT2D eigenvalue weighted by Gasteiger charge is -2.09. The van der Waals surface area contributed by atoms with Crippen LogP contribution in [0.1, 0.15) is 19.8 Å². The van der Waals surface area contributed by atoms with Gasteiger partial charge >= 0.3 is 0 Å². The monoisotopic (exact) mass is 143 g/mol. The van der Waals surface area contributed by atoms with Gasteiger partial charge in [-0.15, -0.1) is 0 Å². The Morgan fingerprint density at radius 1 is 1.56 bits per heavy atom. The Balaban J connectivity index is 2.83. The van der Waals surface area contributed by atoms with Gasteiger partial charge in [-0.2, -0.15) is 0 Å². The highest BCUT2D eigenvalue weighted by Crippen LogP contribution is 2.22. The summed E-state index contributed by atoms with van der Waals surface area (Å²) < 4.78 is 0. The van der Waals surface area contributed by atoms with Crippen LogP contribution in [0.3, 0.4) is 0 Å². The van der Waals surface area contributed by atoms with Gasteiger partial charge in [0.1, 0.15) is 0 Å². The highest BCUT2D eigenvalue weighted by molar-refractivity contribution is 6.31. The van der Waals surface area contributed by atoms with Crippen molar-refractivity contribution in [2.75, 3.05) is 0 Å². The van der Waals surface area contributed by atoms with Gasteiger partial charge in [0.2, 0.25) is 0 Å². The first kappa shape index (κ1) is 6.69.